The molecule has 0 saturated heterocycles. The zero-order valence-electron chi connectivity index (χ0n) is 22.0. The number of fused-ring (bicyclic) bond motifs is 2. The molecule has 2 aromatic carbocycles. The van der Waals surface area contributed by atoms with Crippen molar-refractivity contribution in [1.29, 1.82) is 0 Å². The molecule has 10 nitrogen and oxygen atoms in total. The van der Waals surface area contributed by atoms with Crippen LogP contribution in [0.4, 0.5) is 5.82 Å². The van der Waals surface area contributed by atoms with Crippen molar-refractivity contribution in [2.24, 2.45) is 0 Å². The van der Waals surface area contributed by atoms with E-state index in [1.165, 1.54) is 25.6 Å². The molecule has 1 aliphatic carbocycles. The molecule has 0 atom stereocenters. The van der Waals surface area contributed by atoms with Gasteiger partial charge >= 0.3 is 0 Å². The van der Waals surface area contributed by atoms with Crippen LogP contribution in [0.25, 0.3) is 21.8 Å². The van der Waals surface area contributed by atoms with Crippen molar-refractivity contribution in [2.75, 3.05) is 46.3 Å². The number of ether oxygens (including phenoxy) is 3. The number of hydrogen-bond acceptors (Lipinski definition) is 9. The Balaban J connectivity index is 1.31. The van der Waals surface area contributed by atoms with Crippen molar-refractivity contribution in [3.05, 3.63) is 78.0 Å². The normalized spacial score (nSPS) is 13.4. The third-order valence-corrected chi connectivity index (χ3v) is 6.58. The Labute approximate surface area is 225 Å². The predicted octanol–water partition coefficient (Wildman–Crippen LogP) is 3.65. The van der Waals surface area contributed by atoms with E-state index < -0.39 is 0 Å². The number of rotatable bonds is 11. The molecule has 0 unspecified atom stereocenters. The lowest BCUT2D eigenvalue weighted by atomic mass is 10.0. The van der Waals surface area contributed by atoms with Crippen LogP contribution in [0.1, 0.15) is 5.56 Å². The van der Waals surface area contributed by atoms with Gasteiger partial charge in [-0.1, -0.05) is 18.2 Å². The highest BCUT2D eigenvalue weighted by molar-refractivity contribution is 6.21. The molecule has 5 rings (SSSR count). The van der Waals surface area contributed by atoms with Crippen LogP contribution >= 0.6 is 0 Å². The Morgan fingerprint density at radius 2 is 1.82 bits per heavy atom. The Bertz CT molecular complexity index is 1610. The predicted molar refractivity (Wildman–Crippen MR) is 148 cm³/mol. The fraction of sp³-hybridized carbons (Fsp3) is 0.241. The van der Waals surface area contributed by atoms with Crippen LogP contribution in [-0.2, 0) is 20.7 Å². The fourth-order valence-corrected chi connectivity index (χ4v) is 4.49. The SMILES string of the molecule is COCCOc1cc2ncnc(NC3=CC(=O)C(N(C)CCc4c[nH]c5ccccc45)=CC3=O)c2cc1OC. The van der Waals surface area contributed by atoms with Crippen LogP contribution < -0.4 is 14.8 Å². The Morgan fingerprint density at radius 3 is 2.64 bits per heavy atom. The standard InChI is InChI=1S/C29H29N5O5/c1-34(9-8-18-16-30-21-7-5-4-6-19(18)21)24-15-25(35)23(13-26(24)36)33-29-20-12-27(38-3)28(39-11-10-37-2)14-22(20)31-17-32-29/h4-7,12-17,30H,8-11H2,1-3H3,(H,31,32,33). The summed E-state index contributed by atoms with van der Waals surface area (Å²) >= 11 is 0. The van der Waals surface area contributed by atoms with Crippen molar-refractivity contribution in [3.8, 4) is 11.5 Å². The average molecular weight is 528 g/mol. The summed E-state index contributed by atoms with van der Waals surface area (Å²) < 4.78 is 16.3. The van der Waals surface area contributed by atoms with Crippen LogP contribution in [0.5, 0.6) is 11.5 Å². The van der Waals surface area contributed by atoms with E-state index in [1.807, 2.05) is 36.3 Å². The molecule has 0 bridgehead atoms. The first-order valence-electron chi connectivity index (χ1n) is 12.5. The number of H-pyrrole nitrogens is 1. The molecule has 1 aliphatic rings. The lowest BCUT2D eigenvalue weighted by molar-refractivity contribution is -0.116. The van der Waals surface area contributed by atoms with Gasteiger partial charge in [0.05, 0.1) is 30.6 Å². The zero-order chi connectivity index (χ0) is 27.4. The summed E-state index contributed by atoms with van der Waals surface area (Å²) in [5, 5.41) is 4.78. The highest BCUT2D eigenvalue weighted by atomic mass is 16.5. The number of aromatic amines is 1. The Hall–Kier alpha value is -4.70. The van der Waals surface area contributed by atoms with Crippen molar-refractivity contribution in [2.45, 2.75) is 6.42 Å². The first kappa shape index (κ1) is 25.9. The molecule has 10 heteroatoms. The lowest BCUT2D eigenvalue weighted by Crippen LogP contribution is -2.29. The van der Waals surface area contributed by atoms with Crippen LogP contribution in [0, 0.1) is 0 Å². The van der Waals surface area contributed by atoms with Gasteiger partial charge in [-0.2, -0.15) is 0 Å². The Morgan fingerprint density at radius 1 is 0.974 bits per heavy atom. The Kier molecular flexibility index (Phi) is 7.55. The fourth-order valence-electron chi connectivity index (χ4n) is 4.49. The second-order valence-electron chi connectivity index (χ2n) is 9.06. The summed E-state index contributed by atoms with van der Waals surface area (Å²) in [5.41, 5.74) is 3.29. The van der Waals surface area contributed by atoms with E-state index in [0.717, 1.165) is 22.9 Å². The van der Waals surface area contributed by atoms with Gasteiger partial charge in [0.25, 0.3) is 0 Å². The molecule has 200 valence electrons. The summed E-state index contributed by atoms with van der Waals surface area (Å²) in [6.45, 7) is 1.35. The van der Waals surface area contributed by atoms with E-state index in [1.54, 1.807) is 19.2 Å². The second-order valence-corrected chi connectivity index (χ2v) is 9.06. The number of carbonyl (C=O) groups excluding carboxylic acids is 2. The zero-order valence-corrected chi connectivity index (χ0v) is 22.0. The summed E-state index contributed by atoms with van der Waals surface area (Å²) in [6.07, 6.45) is 6.77. The minimum atomic E-state index is -0.318. The number of anilines is 1. The van der Waals surface area contributed by atoms with Gasteiger partial charge in [0, 0.05) is 61.4 Å². The van der Waals surface area contributed by atoms with E-state index in [0.29, 0.717) is 53.7 Å². The van der Waals surface area contributed by atoms with Crippen molar-refractivity contribution < 1.29 is 23.8 Å². The first-order chi connectivity index (χ1) is 19.0. The molecule has 0 radical (unpaired) electrons. The number of benzene rings is 2. The molecule has 0 fully saturated rings. The number of nitrogens with one attached hydrogen (secondary N) is 2. The van der Waals surface area contributed by atoms with Gasteiger partial charge in [0.1, 0.15) is 18.8 Å². The number of carbonyl (C=O) groups is 2. The maximum absolute atomic E-state index is 13.0. The number of aromatic nitrogens is 3. The molecule has 39 heavy (non-hydrogen) atoms. The molecule has 4 aromatic rings. The molecule has 0 aliphatic heterocycles. The highest BCUT2D eigenvalue weighted by Gasteiger charge is 2.24. The largest absolute Gasteiger partial charge is 0.493 e. The molecule has 2 N–H and O–H groups in total. The van der Waals surface area contributed by atoms with E-state index >= 15 is 0 Å². The van der Waals surface area contributed by atoms with Gasteiger partial charge in [0.2, 0.25) is 11.6 Å². The molecular weight excluding hydrogens is 498 g/mol. The maximum Gasteiger partial charge on any atom is 0.204 e. The number of nitrogens with zero attached hydrogens (tertiary/aromatic N) is 3. The van der Waals surface area contributed by atoms with Crippen LogP contribution in [0.2, 0.25) is 0 Å². The van der Waals surface area contributed by atoms with Gasteiger partial charge in [-0.05, 0) is 24.1 Å². The van der Waals surface area contributed by atoms with Crippen LogP contribution in [-0.4, -0.2) is 72.4 Å². The summed E-state index contributed by atoms with van der Waals surface area (Å²) in [4.78, 5) is 39.8. The van der Waals surface area contributed by atoms with Gasteiger partial charge < -0.3 is 29.4 Å². The molecule has 0 saturated carbocycles. The van der Waals surface area contributed by atoms with Gasteiger partial charge in [-0.3, -0.25) is 9.59 Å². The van der Waals surface area contributed by atoms with Gasteiger partial charge in [0.15, 0.2) is 11.5 Å². The highest BCUT2D eigenvalue weighted by Crippen LogP contribution is 2.34. The number of likely N-dealkylation sites (N-methyl/N-ethyl adjacent to an activating group) is 1. The van der Waals surface area contributed by atoms with Crippen molar-refractivity contribution in [3.63, 3.8) is 0 Å². The molecular formula is C29H29N5O5. The van der Waals surface area contributed by atoms with E-state index in [2.05, 4.69) is 26.3 Å². The first-order valence-corrected chi connectivity index (χ1v) is 12.5. The van der Waals surface area contributed by atoms with Gasteiger partial charge in [-0.25, -0.2) is 9.97 Å². The monoisotopic (exact) mass is 527 g/mol. The minimum Gasteiger partial charge on any atom is -0.493 e. The van der Waals surface area contributed by atoms with Crippen molar-refractivity contribution in [1.82, 2.24) is 19.9 Å². The third-order valence-electron chi connectivity index (χ3n) is 6.58. The number of ketones is 2. The van der Waals surface area contributed by atoms with Gasteiger partial charge in [-0.15, -0.1) is 0 Å². The quantitative estimate of drug-likeness (QED) is 0.223. The topological polar surface area (TPSA) is 119 Å². The van der Waals surface area contributed by atoms with E-state index in [-0.39, 0.29) is 17.3 Å². The number of para-hydroxylation sites is 1. The number of hydrogen-bond donors (Lipinski definition) is 2. The average Bonchev–Trinajstić information content (AvgIpc) is 3.36. The molecule has 2 heterocycles. The summed E-state index contributed by atoms with van der Waals surface area (Å²) in [6, 6.07) is 11.6. The number of allylic oxidation sites excluding steroid dienone is 2. The second kappa shape index (κ2) is 11.4. The molecule has 0 spiro atoms. The molecule has 0 amide bonds. The summed E-state index contributed by atoms with van der Waals surface area (Å²) in [7, 11) is 4.95. The van der Waals surface area contributed by atoms with Crippen LogP contribution in [0.15, 0.2) is 72.5 Å². The number of methoxy groups -OCH3 is 2. The lowest BCUT2D eigenvalue weighted by Gasteiger charge is -2.23. The van der Waals surface area contributed by atoms with E-state index in [9.17, 15) is 9.59 Å². The maximum atomic E-state index is 13.0. The van der Waals surface area contributed by atoms with E-state index in [4.69, 9.17) is 14.2 Å². The third kappa shape index (κ3) is 5.46. The minimum absolute atomic E-state index is 0.133. The van der Waals surface area contributed by atoms with Crippen LogP contribution in [0.3, 0.4) is 0 Å². The summed E-state index contributed by atoms with van der Waals surface area (Å²) in [5.74, 6) is 0.789. The molecule has 2 aromatic heterocycles. The van der Waals surface area contributed by atoms with Crippen molar-refractivity contribution >= 4 is 39.2 Å². The smallest absolute Gasteiger partial charge is 0.204 e.